The van der Waals surface area contributed by atoms with E-state index in [1.807, 2.05) is 24.3 Å². The van der Waals surface area contributed by atoms with Gasteiger partial charge in [-0.15, -0.1) is 0 Å². The molecular weight excluding hydrogens is 334 g/mol. The number of hydrogen-bond donors (Lipinski definition) is 1. The fraction of sp³-hybridized carbons (Fsp3) is 0.417. The maximum atomic E-state index is 9.42. The number of hydrogen-bond acceptors (Lipinski definition) is 3. The molecule has 1 N–H and O–H groups in total. The van der Waals surface area contributed by atoms with Crippen LogP contribution in [0.4, 0.5) is 0 Å². The summed E-state index contributed by atoms with van der Waals surface area (Å²) in [4.78, 5) is 2.71. The van der Waals surface area contributed by atoms with E-state index in [2.05, 4.69) is 29.7 Å². The van der Waals surface area contributed by atoms with Gasteiger partial charge in [-0.2, -0.15) is 0 Å². The van der Waals surface area contributed by atoms with Gasteiger partial charge in [-0.1, -0.05) is 49.8 Å². The molecule has 0 radical (unpaired) electrons. The predicted molar refractivity (Wildman–Crippen MR) is 110 cm³/mol. The molecule has 3 nitrogen and oxygen atoms in total. The van der Waals surface area contributed by atoms with Gasteiger partial charge in [0.05, 0.1) is 0 Å². The highest BCUT2D eigenvalue weighted by molar-refractivity contribution is 5.55. The van der Waals surface area contributed by atoms with Gasteiger partial charge in [0.25, 0.3) is 0 Å². The quantitative estimate of drug-likeness (QED) is 0.747. The number of ether oxygens (including phenoxy) is 1. The summed E-state index contributed by atoms with van der Waals surface area (Å²) in [7, 11) is 0. The van der Waals surface area contributed by atoms with Gasteiger partial charge in [0, 0.05) is 24.7 Å². The van der Waals surface area contributed by atoms with Crippen molar-refractivity contribution in [2.24, 2.45) is 0 Å². The van der Waals surface area contributed by atoms with Crippen LogP contribution in [0, 0.1) is 0 Å². The molecule has 0 aromatic heterocycles. The molecule has 0 bridgehead atoms. The van der Waals surface area contributed by atoms with Crippen LogP contribution in [0.25, 0.3) is 5.76 Å². The minimum Gasteiger partial charge on any atom is -0.508 e. The summed E-state index contributed by atoms with van der Waals surface area (Å²) in [5, 5.41) is 9.42. The van der Waals surface area contributed by atoms with Crippen molar-refractivity contribution in [3.8, 4) is 5.75 Å². The molecule has 1 saturated carbocycles. The second-order valence-electron chi connectivity index (χ2n) is 7.84. The molecule has 27 heavy (non-hydrogen) atoms. The summed E-state index contributed by atoms with van der Waals surface area (Å²) in [6.07, 6.45) is 7.84. The van der Waals surface area contributed by atoms with E-state index in [4.69, 9.17) is 4.74 Å². The third kappa shape index (κ3) is 4.36. The van der Waals surface area contributed by atoms with Crippen molar-refractivity contribution in [3.63, 3.8) is 0 Å². The van der Waals surface area contributed by atoms with Crippen molar-refractivity contribution in [3.05, 3.63) is 71.3 Å². The Morgan fingerprint density at radius 3 is 2.41 bits per heavy atom. The first-order valence-electron chi connectivity index (χ1n) is 10.1. The highest BCUT2D eigenvalue weighted by Crippen LogP contribution is 2.28. The number of aliphatic hydroxyl groups is 1. The van der Waals surface area contributed by atoms with Crippen LogP contribution < -0.4 is 4.74 Å². The smallest absolute Gasteiger partial charge is 0.120 e. The lowest BCUT2D eigenvalue weighted by atomic mass is 10.0. The molecule has 1 fully saturated rings. The maximum Gasteiger partial charge on any atom is 0.120 e. The number of rotatable bonds is 5. The van der Waals surface area contributed by atoms with Crippen molar-refractivity contribution in [1.82, 2.24) is 4.90 Å². The Hall–Kier alpha value is -2.26. The van der Waals surface area contributed by atoms with Crippen LogP contribution >= 0.6 is 0 Å². The standard InChI is InChI=1S/C24H29NO2/c1-18(26)20-8-6-19(7-9-20)17-27-24-11-10-21-12-14-25(15-13-22(21)16-24)23-4-2-3-5-23/h6-11,16,23,26H,1-5,12-15,17H2. The van der Waals surface area contributed by atoms with Crippen LogP contribution in [-0.4, -0.2) is 29.1 Å². The Morgan fingerprint density at radius 2 is 1.70 bits per heavy atom. The molecule has 0 amide bonds. The topological polar surface area (TPSA) is 32.7 Å². The monoisotopic (exact) mass is 363 g/mol. The molecule has 0 atom stereocenters. The molecule has 4 rings (SSSR count). The van der Waals surface area contributed by atoms with Crippen LogP contribution in [0.2, 0.25) is 0 Å². The minimum atomic E-state index is 0.0971. The van der Waals surface area contributed by atoms with E-state index in [0.29, 0.717) is 6.61 Å². The third-order valence-corrected chi connectivity index (χ3v) is 6.05. The van der Waals surface area contributed by atoms with E-state index < -0.39 is 0 Å². The second kappa shape index (κ2) is 8.18. The first-order chi connectivity index (χ1) is 13.2. The fourth-order valence-corrected chi connectivity index (χ4v) is 4.40. The first kappa shape index (κ1) is 18.1. The Balaban J connectivity index is 1.38. The maximum absolute atomic E-state index is 9.42. The average molecular weight is 364 g/mol. The molecule has 3 heteroatoms. The molecule has 0 unspecified atom stereocenters. The summed E-state index contributed by atoms with van der Waals surface area (Å²) in [6.45, 7) is 6.45. The highest BCUT2D eigenvalue weighted by Gasteiger charge is 2.24. The minimum absolute atomic E-state index is 0.0971. The fourth-order valence-electron chi connectivity index (χ4n) is 4.40. The first-order valence-corrected chi connectivity index (χ1v) is 10.1. The normalized spacial score (nSPS) is 18.1. The molecule has 2 aromatic carbocycles. The lowest BCUT2D eigenvalue weighted by molar-refractivity contribution is 0.208. The van der Waals surface area contributed by atoms with Crippen molar-refractivity contribution in [1.29, 1.82) is 0 Å². The van der Waals surface area contributed by atoms with Crippen LogP contribution in [0.15, 0.2) is 49.0 Å². The zero-order chi connectivity index (χ0) is 18.6. The van der Waals surface area contributed by atoms with Crippen molar-refractivity contribution in [2.75, 3.05) is 13.1 Å². The van der Waals surface area contributed by atoms with Gasteiger partial charge in [0.15, 0.2) is 0 Å². The predicted octanol–water partition coefficient (Wildman–Crippen LogP) is 5.14. The van der Waals surface area contributed by atoms with Crippen molar-refractivity contribution >= 4 is 5.76 Å². The van der Waals surface area contributed by atoms with E-state index in [0.717, 1.165) is 35.8 Å². The molecule has 0 spiro atoms. The van der Waals surface area contributed by atoms with Crippen molar-refractivity contribution < 1.29 is 9.84 Å². The molecule has 2 aromatic rings. The summed E-state index contributed by atoms with van der Waals surface area (Å²) in [5.41, 5.74) is 4.76. The largest absolute Gasteiger partial charge is 0.508 e. The highest BCUT2D eigenvalue weighted by atomic mass is 16.5. The van der Waals surface area contributed by atoms with Gasteiger partial charge < -0.3 is 9.84 Å². The Kier molecular flexibility index (Phi) is 5.49. The summed E-state index contributed by atoms with van der Waals surface area (Å²) >= 11 is 0. The molecule has 1 heterocycles. The Bertz CT molecular complexity index is 791. The van der Waals surface area contributed by atoms with E-state index in [-0.39, 0.29) is 5.76 Å². The molecule has 2 aliphatic rings. The number of nitrogens with zero attached hydrogens (tertiary/aromatic N) is 1. The molecule has 142 valence electrons. The lowest BCUT2D eigenvalue weighted by Gasteiger charge is -2.26. The van der Waals surface area contributed by atoms with E-state index in [1.165, 1.54) is 49.9 Å². The average Bonchev–Trinajstić information content (AvgIpc) is 3.14. The van der Waals surface area contributed by atoms with Gasteiger partial charge in [0.2, 0.25) is 0 Å². The van der Waals surface area contributed by atoms with Gasteiger partial charge in [-0.3, -0.25) is 4.90 Å². The molecular formula is C24H29NO2. The third-order valence-electron chi connectivity index (χ3n) is 6.05. The van der Waals surface area contributed by atoms with Gasteiger partial charge in [-0.25, -0.2) is 0 Å². The molecule has 0 saturated heterocycles. The Labute approximate surface area is 162 Å². The van der Waals surface area contributed by atoms with E-state index in [1.54, 1.807) is 0 Å². The van der Waals surface area contributed by atoms with Gasteiger partial charge in [-0.05, 0) is 54.5 Å². The number of fused-ring (bicyclic) bond motifs is 1. The Morgan fingerprint density at radius 1 is 1.00 bits per heavy atom. The number of aliphatic hydroxyl groups excluding tert-OH is 1. The zero-order valence-corrected chi connectivity index (χ0v) is 16.0. The second-order valence-corrected chi connectivity index (χ2v) is 7.84. The summed E-state index contributed by atoms with van der Waals surface area (Å²) in [5.74, 6) is 1.04. The van der Waals surface area contributed by atoms with Crippen LogP contribution in [0.3, 0.4) is 0 Å². The summed E-state index contributed by atoms with van der Waals surface area (Å²) in [6, 6.07) is 15.1. The summed E-state index contributed by atoms with van der Waals surface area (Å²) < 4.78 is 6.03. The van der Waals surface area contributed by atoms with Crippen molar-refractivity contribution in [2.45, 2.75) is 51.2 Å². The van der Waals surface area contributed by atoms with E-state index in [9.17, 15) is 5.11 Å². The number of benzene rings is 2. The SMILES string of the molecule is C=C(O)c1ccc(COc2ccc3c(c2)CCN(C2CCCC2)CC3)cc1. The lowest BCUT2D eigenvalue weighted by Crippen LogP contribution is -2.35. The van der Waals surface area contributed by atoms with Gasteiger partial charge in [0.1, 0.15) is 18.1 Å². The molecule has 1 aliphatic heterocycles. The zero-order valence-electron chi connectivity index (χ0n) is 16.0. The van der Waals surface area contributed by atoms with Crippen LogP contribution in [0.5, 0.6) is 5.75 Å². The molecule has 1 aliphatic carbocycles. The van der Waals surface area contributed by atoms with Crippen LogP contribution in [-0.2, 0) is 19.4 Å². The van der Waals surface area contributed by atoms with E-state index >= 15 is 0 Å². The van der Waals surface area contributed by atoms with Crippen LogP contribution in [0.1, 0.15) is 47.9 Å². The van der Waals surface area contributed by atoms with Gasteiger partial charge >= 0.3 is 0 Å².